The van der Waals surface area contributed by atoms with E-state index in [2.05, 4.69) is 10.3 Å². The Kier molecular flexibility index (Phi) is 4.22. The number of fused-ring (bicyclic) bond motifs is 1. The largest absolute Gasteiger partial charge is 0.393 e. The van der Waals surface area contributed by atoms with Gasteiger partial charge in [-0.25, -0.2) is 0 Å². The van der Waals surface area contributed by atoms with Crippen LogP contribution in [-0.2, 0) is 6.42 Å². The minimum atomic E-state index is -0.0771. The number of pyridine rings is 1. The summed E-state index contributed by atoms with van der Waals surface area (Å²) >= 11 is 0. The molecule has 1 heterocycles. The van der Waals surface area contributed by atoms with Gasteiger partial charge >= 0.3 is 0 Å². The second-order valence-corrected chi connectivity index (χ2v) is 6.28. The maximum Gasteiger partial charge on any atom is 0.248 e. The standard InChI is InChI=1S/C16H24N2O2/c19-12-6-4-11(5-7-12)10-17-14-2-1-3-15-13(14)8-9-16(20)18-15/h8-9,11-12,14,17,19H,1-7,10H2,(H,18,20). The highest BCUT2D eigenvalue weighted by molar-refractivity contribution is 5.26. The Balaban J connectivity index is 1.60. The van der Waals surface area contributed by atoms with Gasteiger partial charge in [0.25, 0.3) is 0 Å². The Morgan fingerprint density at radius 1 is 1.20 bits per heavy atom. The number of nitrogens with one attached hydrogen (secondary N) is 2. The number of aliphatic hydroxyl groups excluding tert-OH is 1. The molecule has 0 bridgehead atoms. The van der Waals surface area contributed by atoms with Gasteiger partial charge in [-0.2, -0.15) is 0 Å². The molecule has 3 N–H and O–H groups in total. The normalized spacial score (nSPS) is 29.9. The van der Waals surface area contributed by atoms with Gasteiger partial charge in [-0.1, -0.05) is 6.07 Å². The van der Waals surface area contributed by atoms with Crippen molar-refractivity contribution in [2.75, 3.05) is 6.54 Å². The van der Waals surface area contributed by atoms with E-state index in [4.69, 9.17) is 0 Å². The summed E-state index contributed by atoms with van der Waals surface area (Å²) in [7, 11) is 0. The lowest BCUT2D eigenvalue weighted by molar-refractivity contribution is 0.107. The van der Waals surface area contributed by atoms with E-state index in [9.17, 15) is 9.90 Å². The molecule has 2 aliphatic carbocycles. The summed E-state index contributed by atoms with van der Waals surface area (Å²) in [5.74, 6) is 0.687. The lowest BCUT2D eigenvalue weighted by Crippen LogP contribution is -2.33. The van der Waals surface area contributed by atoms with Crippen LogP contribution < -0.4 is 10.9 Å². The van der Waals surface area contributed by atoms with E-state index in [-0.39, 0.29) is 11.7 Å². The molecule has 0 spiro atoms. The lowest BCUT2D eigenvalue weighted by Gasteiger charge is -2.30. The van der Waals surface area contributed by atoms with Crippen LogP contribution in [0.25, 0.3) is 0 Å². The van der Waals surface area contributed by atoms with Crippen molar-refractivity contribution in [1.82, 2.24) is 10.3 Å². The number of hydrogen-bond donors (Lipinski definition) is 3. The fourth-order valence-electron chi connectivity index (χ4n) is 3.57. The van der Waals surface area contributed by atoms with Crippen LogP contribution in [0.4, 0.5) is 0 Å². The first kappa shape index (κ1) is 13.8. The van der Waals surface area contributed by atoms with E-state index in [1.807, 2.05) is 6.07 Å². The van der Waals surface area contributed by atoms with Crippen molar-refractivity contribution in [2.24, 2.45) is 5.92 Å². The van der Waals surface area contributed by atoms with Crippen LogP contribution in [0.1, 0.15) is 55.8 Å². The van der Waals surface area contributed by atoms with E-state index >= 15 is 0 Å². The molecule has 0 radical (unpaired) electrons. The maximum absolute atomic E-state index is 11.4. The number of hydrogen-bond acceptors (Lipinski definition) is 3. The Bertz CT molecular complexity index is 503. The molecule has 1 atom stereocenters. The molecule has 4 heteroatoms. The third-order valence-electron chi connectivity index (χ3n) is 4.80. The van der Waals surface area contributed by atoms with Gasteiger partial charge in [0.1, 0.15) is 0 Å². The number of H-pyrrole nitrogens is 1. The number of aromatic amines is 1. The molecule has 3 rings (SSSR count). The van der Waals surface area contributed by atoms with Crippen LogP contribution in [-0.4, -0.2) is 22.7 Å². The van der Waals surface area contributed by atoms with Crippen molar-refractivity contribution in [3.8, 4) is 0 Å². The summed E-state index contributed by atoms with van der Waals surface area (Å²) in [6, 6.07) is 3.99. The average Bonchev–Trinajstić information content (AvgIpc) is 2.46. The van der Waals surface area contributed by atoms with Gasteiger partial charge in [0.05, 0.1) is 6.10 Å². The van der Waals surface area contributed by atoms with E-state index in [1.54, 1.807) is 6.07 Å². The van der Waals surface area contributed by atoms with E-state index < -0.39 is 0 Å². The minimum absolute atomic E-state index is 0.00525. The Hall–Kier alpha value is -1.13. The van der Waals surface area contributed by atoms with Crippen LogP contribution in [0.3, 0.4) is 0 Å². The van der Waals surface area contributed by atoms with Gasteiger partial charge < -0.3 is 15.4 Å². The summed E-state index contributed by atoms with van der Waals surface area (Å²) in [5, 5.41) is 13.2. The maximum atomic E-state index is 11.4. The van der Waals surface area contributed by atoms with Gasteiger partial charge in [0.2, 0.25) is 5.56 Å². The second kappa shape index (κ2) is 6.10. The van der Waals surface area contributed by atoms with Crippen molar-refractivity contribution in [2.45, 2.75) is 57.1 Å². The highest BCUT2D eigenvalue weighted by Crippen LogP contribution is 2.29. The number of aromatic nitrogens is 1. The van der Waals surface area contributed by atoms with Gasteiger partial charge in [0, 0.05) is 17.8 Å². The summed E-state index contributed by atoms with van der Waals surface area (Å²) in [5.41, 5.74) is 2.39. The van der Waals surface area contributed by atoms with E-state index in [0.29, 0.717) is 12.0 Å². The molecule has 0 aliphatic heterocycles. The Morgan fingerprint density at radius 3 is 2.80 bits per heavy atom. The molecule has 110 valence electrons. The predicted octanol–water partition coefficient (Wildman–Crippen LogP) is 1.89. The van der Waals surface area contributed by atoms with Crippen LogP contribution in [0, 0.1) is 5.92 Å². The molecule has 4 nitrogen and oxygen atoms in total. The summed E-state index contributed by atoms with van der Waals surface area (Å²) in [4.78, 5) is 14.4. The molecule has 0 saturated heterocycles. The van der Waals surface area contributed by atoms with Gasteiger partial charge in [-0.3, -0.25) is 4.79 Å². The van der Waals surface area contributed by atoms with Crippen LogP contribution in [0.2, 0.25) is 0 Å². The summed E-state index contributed by atoms with van der Waals surface area (Å²) in [6.07, 6.45) is 7.33. The zero-order chi connectivity index (χ0) is 13.9. The molecular weight excluding hydrogens is 252 g/mol. The highest BCUT2D eigenvalue weighted by Gasteiger charge is 2.23. The Morgan fingerprint density at radius 2 is 2.00 bits per heavy atom. The summed E-state index contributed by atoms with van der Waals surface area (Å²) < 4.78 is 0. The quantitative estimate of drug-likeness (QED) is 0.790. The molecule has 1 aromatic heterocycles. The van der Waals surface area contributed by atoms with Crippen molar-refractivity contribution in [3.05, 3.63) is 33.7 Å². The van der Waals surface area contributed by atoms with Crippen LogP contribution >= 0.6 is 0 Å². The number of aliphatic hydroxyl groups is 1. The topological polar surface area (TPSA) is 65.1 Å². The van der Waals surface area contributed by atoms with E-state index in [1.165, 1.54) is 5.56 Å². The SMILES string of the molecule is O=c1ccc2c([nH]1)CCCC2NCC1CCC(O)CC1. The third-order valence-corrected chi connectivity index (χ3v) is 4.80. The predicted molar refractivity (Wildman–Crippen MR) is 78.7 cm³/mol. The Labute approximate surface area is 119 Å². The smallest absolute Gasteiger partial charge is 0.248 e. The van der Waals surface area contributed by atoms with Crippen molar-refractivity contribution in [1.29, 1.82) is 0 Å². The monoisotopic (exact) mass is 276 g/mol. The van der Waals surface area contributed by atoms with Crippen molar-refractivity contribution < 1.29 is 5.11 Å². The van der Waals surface area contributed by atoms with Gasteiger partial charge in [0.15, 0.2) is 0 Å². The molecule has 0 amide bonds. The van der Waals surface area contributed by atoms with E-state index in [0.717, 1.165) is 57.2 Å². The zero-order valence-corrected chi connectivity index (χ0v) is 11.9. The van der Waals surface area contributed by atoms with Gasteiger partial charge in [-0.05, 0) is 63.0 Å². The fourth-order valence-corrected chi connectivity index (χ4v) is 3.57. The molecule has 1 fully saturated rings. The zero-order valence-electron chi connectivity index (χ0n) is 11.9. The first-order valence-corrected chi connectivity index (χ1v) is 7.86. The summed E-state index contributed by atoms with van der Waals surface area (Å²) in [6.45, 7) is 1.02. The molecule has 20 heavy (non-hydrogen) atoms. The lowest BCUT2D eigenvalue weighted by atomic mass is 9.86. The van der Waals surface area contributed by atoms with Crippen molar-refractivity contribution in [3.63, 3.8) is 0 Å². The number of aryl methyl sites for hydroxylation is 1. The molecule has 1 aromatic rings. The third kappa shape index (κ3) is 3.13. The van der Waals surface area contributed by atoms with Crippen LogP contribution in [0.15, 0.2) is 16.9 Å². The highest BCUT2D eigenvalue weighted by atomic mass is 16.3. The fraction of sp³-hybridized carbons (Fsp3) is 0.688. The average molecular weight is 276 g/mol. The molecular formula is C16H24N2O2. The number of rotatable bonds is 3. The first-order chi connectivity index (χ1) is 9.72. The second-order valence-electron chi connectivity index (χ2n) is 6.28. The van der Waals surface area contributed by atoms with Crippen molar-refractivity contribution >= 4 is 0 Å². The van der Waals surface area contributed by atoms with Crippen LogP contribution in [0.5, 0.6) is 0 Å². The first-order valence-electron chi connectivity index (χ1n) is 7.86. The molecule has 2 aliphatic rings. The minimum Gasteiger partial charge on any atom is -0.393 e. The van der Waals surface area contributed by atoms with Gasteiger partial charge in [-0.15, -0.1) is 0 Å². The molecule has 0 aromatic carbocycles. The molecule has 1 unspecified atom stereocenters. The molecule has 1 saturated carbocycles.